The summed E-state index contributed by atoms with van der Waals surface area (Å²) >= 11 is 0. The normalized spacial score (nSPS) is 15.8. The SMILES string of the molecule is Cc1c(C(=O)NCc2cccc(F)c2)c2cccc(F)c2c(=O)n1CC1CCC(=O)N1. The zero-order valence-electron chi connectivity index (χ0n) is 16.9. The summed E-state index contributed by atoms with van der Waals surface area (Å²) in [5.41, 5.74) is 0.577. The molecule has 31 heavy (non-hydrogen) atoms. The maximum Gasteiger partial charge on any atom is 0.261 e. The Morgan fingerprint density at radius 3 is 2.68 bits per heavy atom. The zero-order valence-corrected chi connectivity index (χ0v) is 16.9. The lowest BCUT2D eigenvalue weighted by molar-refractivity contribution is -0.119. The van der Waals surface area contributed by atoms with Gasteiger partial charge in [-0.25, -0.2) is 8.78 Å². The Morgan fingerprint density at radius 1 is 1.19 bits per heavy atom. The highest BCUT2D eigenvalue weighted by atomic mass is 19.1. The van der Waals surface area contributed by atoms with E-state index >= 15 is 0 Å². The number of rotatable bonds is 5. The summed E-state index contributed by atoms with van der Waals surface area (Å²) in [6.07, 6.45) is 0.919. The number of benzene rings is 2. The van der Waals surface area contributed by atoms with Crippen molar-refractivity contribution in [2.75, 3.05) is 0 Å². The van der Waals surface area contributed by atoms with Gasteiger partial charge in [-0.3, -0.25) is 14.4 Å². The summed E-state index contributed by atoms with van der Waals surface area (Å²) in [5, 5.41) is 5.56. The Morgan fingerprint density at radius 2 is 1.97 bits per heavy atom. The average molecular weight is 425 g/mol. The fourth-order valence-corrected chi connectivity index (χ4v) is 4.03. The molecule has 1 aliphatic heterocycles. The number of halogens is 2. The van der Waals surface area contributed by atoms with Crippen molar-refractivity contribution in [2.45, 2.75) is 38.9 Å². The molecule has 0 spiro atoms. The van der Waals surface area contributed by atoms with E-state index in [0.717, 1.165) is 0 Å². The van der Waals surface area contributed by atoms with Crippen LogP contribution >= 0.6 is 0 Å². The van der Waals surface area contributed by atoms with E-state index in [0.29, 0.717) is 24.1 Å². The molecule has 6 nitrogen and oxygen atoms in total. The molecule has 2 aromatic carbocycles. The summed E-state index contributed by atoms with van der Waals surface area (Å²) < 4.78 is 29.4. The van der Waals surface area contributed by atoms with Crippen LogP contribution in [0.15, 0.2) is 47.3 Å². The predicted molar refractivity (Wildman–Crippen MR) is 112 cm³/mol. The number of fused-ring (bicyclic) bond motifs is 1. The molecule has 2 amide bonds. The van der Waals surface area contributed by atoms with Gasteiger partial charge in [-0.15, -0.1) is 0 Å². The number of nitrogens with zero attached hydrogens (tertiary/aromatic N) is 1. The van der Waals surface area contributed by atoms with Crippen LogP contribution in [0.2, 0.25) is 0 Å². The first-order valence-electron chi connectivity index (χ1n) is 9.98. The number of nitrogens with one attached hydrogen (secondary N) is 2. The minimum absolute atomic E-state index is 0.0741. The van der Waals surface area contributed by atoms with Gasteiger partial charge in [0.15, 0.2) is 0 Å². The van der Waals surface area contributed by atoms with Gasteiger partial charge < -0.3 is 15.2 Å². The lowest BCUT2D eigenvalue weighted by Crippen LogP contribution is -2.37. The number of carbonyl (C=O) groups is 2. The van der Waals surface area contributed by atoms with Gasteiger partial charge in [0.25, 0.3) is 11.5 Å². The predicted octanol–water partition coefficient (Wildman–Crippen LogP) is 2.80. The number of amides is 2. The van der Waals surface area contributed by atoms with Crippen molar-refractivity contribution in [3.05, 3.63) is 81.3 Å². The number of hydrogen-bond donors (Lipinski definition) is 2. The Balaban J connectivity index is 1.76. The fourth-order valence-electron chi connectivity index (χ4n) is 4.03. The maximum absolute atomic E-state index is 14.6. The smallest absolute Gasteiger partial charge is 0.261 e. The lowest BCUT2D eigenvalue weighted by atomic mass is 10.0. The highest BCUT2D eigenvalue weighted by molar-refractivity contribution is 6.07. The van der Waals surface area contributed by atoms with Gasteiger partial charge in [-0.05, 0) is 37.1 Å². The number of aromatic nitrogens is 1. The number of carbonyl (C=O) groups excluding carboxylic acids is 2. The van der Waals surface area contributed by atoms with E-state index in [9.17, 15) is 23.2 Å². The van der Waals surface area contributed by atoms with Gasteiger partial charge >= 0.3 is 0 Å². The van der Waals surface area contributed by atoms with Crippen LogP contribution in [0.1, 0.15) is 34.5 Å². The van der Waals surface area contributed by atoms with Crippen LogP contribution in [0.25, 0.3) is 10.8 Å². The van der Waals surface area contributed by atoms with Gasteiger partial charge in [0.05, 0.1) is 10.9 Å². The largest absolute Gasteiger partial charge is 0.352 e. The second kappa shape index (κ2) is 8.29. The van der Waals surface area contributed by atoms with Crippen LogP contribution in [0.5, 0.6) is 0 Å². The maximum atomic E-state index is 14.6. The Hall–Kier alpha value is -3.55. The molecule has 3 aromatic rings. The van der Waals surface area contributed by atoms with Crippen LogP contribution < -0.4 is 16.2 Å². The molecule has 160 valence electrons. The van der Waals surface area contributed by atoms with E-state index in [2.05, 4.69) is 10.6 Å². The summed E-state index contributed by atoms with van der Waals surface area (Å²) in [4.78, 5) is 37.7. The van der Waals surface area contributed by atoms with E-state index in [1.807, 2.05) is 0 Å². The van der Waals surface area contributed by atoms with Crippen LogP contribution in [-0.2, 0) is 17.9 Å². The first kappa shape index (κ1) is 20.7. The zero-order chi connectivity index (χ0) is 22.1. The molecule has 1 aliphatic rings. The summed E-state index contributed by atoms with van der Waals surface area (Å²) in [6, 6.07) is 9.73. The van der Waals surface area contributed by atoms with Crippen molar-refractivity contribution in [1.29, 1.82) is 0 Å². The molecule has 0 bridgehead atoms. The number of hydrogen-bond acceptors (Lipinski definition) is 3. The first-order valence-corrected chi connectivity index (χ1v) is 9.98. The van der Waals surface area contributed by atoms with Crippen molar-refractivity contribution in [3.8, 4) is 0 Å². The Kier molecular flexibility index (Phi) is 5.54. The average Bonchev–Trinajstić information content (AvgIpc) is 3.14. The molecule has 8 heteroatoms. The second-order valence-corrected chi connectivity index (χ2v) is 7.65. The molecule has 2 heterocycles. The Bertz CT molecular complexity index is 1250. The minimum atomic E-state index is -0.717. The highest BCUT2D eigenvalue weighted by Crippen LogP contribution is 2.23. The van der Waals surface area contributed by atoms with Gasteiger partial charge in [0, 0.05) is 36.6 Å². The molecular formula is C23H21F2N3O3. The van der Waals surface area contributed by atoms with Crippen LogP contribution in [0, 0.1) is 18.6 Å². The van der Waals surface area contributed by atoms with Crippen molar-refractivity contribution >= 4 is 22.6 Å². The van der Waals surface area contributed by atoms with Crippen LogP contribution in [-0.4, -0.2) is 22.4 Å². The van der Waals surface area contributed by atoms with Crippen molar-refractivity contribution in [1.82, 2.24) is 15.2 Å². The summed E-state index contributed by atoms with van der Waals surface area (Å²) in [6.45, 7) is 1.84. The topological polar surface area (TPSA) is 80.2 Å². The monoisotopic (exact) mass is 425 g/mol. The van der Waals surface area contributed by atoms with E-state index in [4.69, 9.17) is 0 Å². The van der Waals surface area contributed by atoms with Gasteiger partial charge in [-0.1, -0.05) is 24.3 Å². The second-order valence-electron chi connectivity index (χ2n) is 7.65. The molecule has 1 atom stereocenters. The number of pyridine rings is 1. The van der Waals surface area contributed by atoms with E-state index in [1.165, 1.54) is 34.9 Å². The standard InChI is InChI=1S/C23H21F2N3O3/c1-13-20(22(30)26-11-14-4-2-5-15(24)10-14)17-6-3-7-18(25)21(17)23(31)28(13)12-16-8-9-19(29)27-16/h2-7,10,16H,8-9,11-12H2,1H3,(H,26,30)(H,27,29). The molecule has 1 aromatic heterocycles. The molecule has 0 radical (unpaired) electrons. The third kappa shape index (κ3) is 4.05. The third-order valence-electron chi connectivity index (χ3n) is 5.57. The first-order chi connectivity index (χ1) is 14.8. The third-order valence-corrected chi connectivity index (χ3v) is 5.57. The molecule has 2 N–H and O–H groups in total. The fraction of sp³-hybridized carbons (Fsp3) is 0.261. The molecule has 0 aliphatic carbocycles. The van der Waals surface area contributed by atoms with Gasteiger partial charge in [0.1, 0.15) is 11.6 Å². The highest BCUT2D eigenvalue weighted by Gasteiger charge is 2.26. The van der Waals surface area contributed by atoms with Crippen molar-refractivity contribution < 1.29 is 18.4 Å². The summed E-state index contributed by atoms with van der Waals surface area (Å²) in [5.74, 6) is -1.73. The molecule has 1 fully saturated rings. The van der Waals surface area contributed by atoms with Crippen LogP contribution in [0.3, 0.4) is 0 Å². The molecule has 1 saturated heterocycles. The van der Waals surface area contributed by atoms with E-state index < -0.39 is 23.1 Å². The quantitative estimate of drug-likeness (QED) is 0.660. The van der Waals surface area contributed by atoms with E-state index in [1.54, 1.807) is 19.1 Å². The van der Waals surface area contributed by atoms with Crippen LogP contribution in [0.4, 0.5) is 8.78 Å². The molecule has 4 rings (SSSR count). The lowest BCUT2D eigenvalue weighted by Gasteiger charge is -2.20. The minimum Gasteiger partial charge on any atom is -0.352 e. The van der Waals surface area contributed by atoms with Gasteiger partial charge in [0.2, 0.25) is 5.91 Å². The molecular weight excluding hydrogens is 404 g/mol. The molecule has 1 unspecified atom stereocenters. The van der Waals surface area contributed by atoms with Crippen molar-refractivity contribution in [3.63, 3.8) is 0 Å². The van der Waals surface area contributed by atoms with Gasteiger partial charge in [-0.2, -0.15) is 0 Å². The summed E-state index contributed by atoms with van der Waals surface area (Å²) in [7, 11) is 0. The van der Waals surface area contributed by atoms with Crippen molar-refractivity contribution in [2.24, 2.45) is 0 Å². The molecule has 0 saturated carbocycles. The Labute approximate surface area is 176 Å². The van der Waals surface area contributed by atoms with E-state index in [-0.39, 0.29) is 41.4 Å².